The molecule has 0 amide bonds. The van der Waals surface area contributed by atoms with E-state index in [1.807, 2.05) is 36.4 Å². The maximum absolute atomic E-state index is 10.6. The maximum Gasteiger partial charge on any atom is 0.194 e. The van der Waals surface area contributed by atoms with E-state index in [0.717, 1.165) is 87.7 Å². The van der Waals surface area contributed by atoms with Crippen molar-refractivity contribution in [2.45, 2.75) is 37.6 Å². The minimum atomic E-state index is 0.168. The van der Waals surface area contributed by atoms with Crippen LogP contribution in [0.4, 0.5) is 10.3 Å². The van der Waals surface area contributed by atoms with Gasteiger partial charge < -0.3 is 30.2 Å². The number of piperidine rings is 2. The number of phenols is 2. The molecule has 0 saturated carbocycles. The van der Waals surface area contributed by atoms with Gasteiger partial charge in [0.15, 0.2) is 21.6 Å². The first-order valence-corrected chi connectivity index (χ1v) is 22.3. The molecule has 2 spiro atoms. The van der Waals surface area contributed by atoms with Crippen molar-refractivity contribution >= 4 is 53.6 Å². The van der Waals surface area contributed by atoms with Gasteiger partial charge >= 0.3 is 0 Å². The van der Waals surface area contributed by atoms with Gasteiger partial charge in [0.05, 0.1) is 33.2 Å². The van der Waals surface area contributed by atoms with Crippen molar-refractivity contribution in [3.8, 4) is 56.3 Å². The Balaban J connectivity index is 0.000000138. The molecule has 12 rings (SSSR count). The van der Waals surface area contributed by atoms with Crippen molar-refractivity contribution in [2.24, 2.45) is 5.41 Å². The van der Waals surface area contributed by atoms with Crippen molar-refractivity contribution in [2.75, 3.05) is 62.7 Å². The van der Waals surface area contributed by atoms with Crippen molar-refractivity contribution in [3.05, 3.63) is 73.3 Å². The summed E-state index contributed by atoms with van der Waals surface area (Å²) in [6, 6.07) is 15.0. The highest BCUT2D eigenvalue weighted by atomic mass is 32.1. The van der Waals surface area contributed by atoms with E-state index in [9.17, 15) is 10.2 Å². The molecule has 0 atom stereocenters. The molecule has 4 saturated heterocycles. The Morgan fingerprint density at radius 1 is 0.656 bits per heavy atom. The quantitative estimate of drug-likeness (QED) is 0.121. The van der Waals surface area contributed by atoms with Gasteiger partial charge in [-0.1, -0.05) is 34.8 Å². The lowest BCUT2D eigenvalue weighted by molar-refractivity contribution is 0.135. The van der Waals surface area contributed by atoms with Crippen molar-refractivity contribution in [3.63, 3.8) is 0 Å². The molecule has 5 N–H and O–H groups in total. The fraction of sp³-hybridized carbons (Fsp3) is 0.349. The highest BCUT2D eigenvalue weighted by molar-refractivity contribution is 7.22. The Kier molecular flexibility index (Phi) is 9.39. The molecule has 0 unspecified atom stereocenters. The predicted octanol–water partition coefficient (Wildman–Crippen LogP) is 6.56. The number of nitrogens with one attached hydrogen (secondary N) is 3. The van der Waals surface area contributed by atoms with Crippen LogP contribution in [0.5, 0.6) is 11.5 Å². The summed E-state index contributed by atoms with van der Waals surface area (Å²) in [4.78, 5) is 16.7. The van der Waals surface area contributed by atoms with Gasteiger partial charge in [0.25, 0.3) is 0 Å². The van der Waals surface area contributed by atoms with Gasteiger partial charge in [0.1, 0.15) is 11.5 Å². The molecule has 10 heterocycles. The summed E-state index contributed by atoms with van der Waals surface area (Å²) >= 11 is 3.31. The van der Waals surface area contributed by atoms with Crippen LogP contribution in [-0.4, -0.2) is 124 Å². The zero-order valence-electron chi connectivity index (χ0n) is 33.5. The Labute approximate surface area is 358 Å². The number of aromatic hydroxyl groups is 2. The van der Waals surface area contributed by atoms with Crippen molar-refractivity contribution in [1.29, 1.82) is 0 Å². The topological polar surface area (TPSA) is 197 Å². The summed E-state index contributed by atoms with van der Waals surface area (Å²) in [6.07, 6.45) is 13.2. The zero-order chi connectivity index (χ0) is 41.1. The Morgan fingerprint density at radius 2 is 1.23 bits per heavy atom. The van der Waals surface area contributed by atoms with Crippen LogP contribution in [0, 0.1) is 5.41 Å². The lowest BCUT2D eigenvalue weighted by Crippen LogP contribution is -2.64. The summed E-state index contributed by atoms with van der Waals surface area (Å²) in [5.74, 6) is 0.340. The van der Waals surface area contributed by atoms with Gasteiger partial charge in [-0.15, -0.1) is 20.4 Å². The summed E-state index contributed by atoms with van der Waals surface area (Å²) in [7, 11) is 2.20. The molecule has 8 aromatic rings. The standard InChI is InChI=1S/C22H23N7OS.C21H21N7OS/c1-28-7-4-22(5-8-28)6-9-29(22)21-25-20-19(31-21)11-17(26-27-20)16-3-2-14(10-18(16)30)15-12-23-24-13-15;29-17-6-13(14-8-23-24-9-14)2-3-15(17)16-7-18-19(27-26-16)25-20(30-18)28-11-21(12-28)4-1-5-22-10-21/h2-3,10-13,30H,4-9H2,1H3,(H,23,24);2-3,6-9,22,29H,1,4-5,10-12H2,(H,23,24). The van der Waals surface area contributed by atoms with E-state index in [1.54, 1.807) is 59.6 Å². The molecule has 4 aliphatic rings. The average Bonchev–Trinajstić information content (AvgIpc) is 4.11. The minimum Gasteiger partial charge on any atom is -0.507 e. The van der Waals surface area contributed by atoms with Crippen LogP contribution in [0.15, 0.2) is 73.3 Å². The summed E-state index contributed by atoms with van der Waals surface area (Å²) < 4.78 is 1.98. The van der Waals surface area contributed by atoms with E-state index in [2.05, 4.69) is 67.9 Å². The SMILES string of the molecule is CN1CCC2(CC1)CCN2c1nc2nnc(-c3ccc(-c4cn[nH]c4)cc3O)cc2s1.Oc1cc(-c2cn[nH]c2)ccc1-c1cc2sc(N3CC4(CCCNC4)C3)nc2nn1. The van der Waals surface area contributed by atoms with Gasteiger partial charge in [0, 0.05) is 84.9 Å². The fourth-order valence-electron chi connectivity index (χ4n) is 9.24. The van der Waals surface area contributed by atoms with E-state index in [0.29, 0.717) is 39.2 Å². The number of nitrogens with zero attached hydrogens (tertiary/aromatic N) is 11. The van der Waals surface area contributed by atoms with Gasteiger partial charge in [0.2, 0.25) is 0 Å². The maximum atomic E-state index is 10.6. The van der Waals surface area contributed by atoms with E-state index in [1.165, 1.54) is 32.1 Å². The first-order chi connectivity index (χ1) is 29.8. The third kappa shape index (κ3) is 7.02. The molecule has 2 aromatic carbocycles. The number of hydrogen-bond donors (Lipinski definition) is 5. The van der Waals surface area contributed by atoms with Crippen LogP contribution in [0.2, 0.25) is 0 Å². The molecule has 61 heavy (non-hydrogen) atoms. The third-order valence-corrected chi connectivity index (χ3v) is 15.0. The number of hydrogen-bond acceptors (Lipinski definition) is 16. The second-order valence-electron chi connectivity index (χ2n) is 16.8. The second kappa shape index (κ2) is 15.1. The van der Waals surface area contributed by atoms with Gasteiger partial charge in [-0.25, -0.2) is 0 Å². The summed E-state index contributed by atoms with van der Waals surface area (Å²) in [6.45, 7) is 7.68. The highest BCUT2D eigenvalue weighted by Gasteiger charge is 2.47. The molecule has 0 aliphatic carbocycles. The number of fused-ring (bicyclic) bond motifs is 2. The first-order valence-electron chi connectivity index (χ1n) is 20.7. The first kappa shape index (κ1) is 37.9. The largest absolute Gasteiger partial charge is 0.507 e. The highest BCUT2D eigenvalue weighted by Crippen LogP contribution is 2.46. The number of benzene rings is 2. The normalized spacial score (nSPS) is 18.3. The molecule has 0 bridgehead atoms. The number of aromatic amines is 2. The molecule has 16 nitrogen and oxygen atoms in total. The Bertz CT molecular complexity index is 2840. The zero-order valence-corrected chi connectivity index (χ0v) is 35.2. The Hall–Kier alpha value is -6.08. The number of phenolic OH excluding ortho intramolecular Hbond substituents is 2. The molecular weight excluding hydrogens is 809 g/mol. The molecule has 4 aliphatic heterocycles. The second-order valence-corrected chi connectivity index (χ2v) is 18.8. The number of likely N-dealkylation sites (tertiary alicyclic amines) is 1. The van der Waals surface area contributed by atoms with Crippen molar-refractivity contribution < 1.29 is 10.2 Å². The molecule has 0 radical (unpaired) electrons. The lowest BCUT2D eigenvalue weighted by atomic mass is 9.74. The monoisotopic (exact) mass is 852 g/mol. The Morgan fingerprint density at radius 3 is 1.74 bits per heavy atom. The fourth-order valence-corrected chi connectivity index (χ4v) is 11.3. The third-order valence-electron chi connectivity index (χ3n) is 12.9. The summed E-state index contributed by atoms with van der Waals surface area (Å²) in [5, 5.41) is 57.6. The molecule has 18 heteroatoms. The number of H-pyrrole nitrogens is 2. The van der Waals surface area contributed by atoms with Crippen LogP contribution < -0.4 is 15.1 Å². The van der Waals surface area contributed by atoms with E-state index in [4.69, 9.17) is 9.97 Å². The number of thiazole rings is 2. The van der Waals surface area contributed by atoms with E-state index >= 15 is 0 Å². The van der Waals surface area contributed by atoms with Gasteiger partial charge in [-0.2, -0.15) is 20.2 Å². The van der Waals surface area contributed by atoms with E-state index < -0.39 is 0 Å². The molecule has 4 fully saturated rings. The van der Waals surface area contributed by atoms with E-state index in [-0.39, 0.29) is 17.0 Å². The predicted molar refractivity (Wildman–Crippen MR) is 238 cm³/mol. The molecular formula is C43H44N14O2S2. The summed E-state index contributed by atoms with van der Waals surface area (Å²) in [5.41, 5.74) is 8.25. The average molecular weight is 853 g/mol. The van der Waals surface area contributed by atoms with Gasteiger partial charge in [-0.3, -0.25) is 10.2 Å². The van der Waals surface area contributed by atoms with Gasteiger partial charge in [-0.05, 0) is 93.2 Å². The molecule has 310 valence electrons. The van der Waals surface area contributed by atoms with Crippen LogP contribution in [-0.2, 0) is 0 Å². The van der Waals surface area contributed by atoms with Crippen LogP contribution in [0.1, 0.15) is 32.1 Å². The number of aromatic nitrogens is 10. The number of rotatable bonds is 6. The van der Waals surface area contributed by atoms with Crippen LogP contribution in [0.25, 0.3) is 65.5 Å². The smallest absolute Gasteiger partial charge is 0.194 e. The minimum absolute atomic E-state index is 0.168. The van der Waals surface area contributed by atoms with Crippen molar-refractivity contribution in [1.82, 2.24) is 61.0 Å². The van der Waals surface area contributed by atoms with Crippen LogP contribution in [0.3, 0.4) is 0 Å². The molecule has 6 aromatic heterocycles. The number of anilines is 2. The lowest BCUT2D eigenvalue weighted by Gasteiger charge is -2.56. The van der Waals surface area contributed by atoms with Crippen LogP contribution >= 0.6 is 22.7 Å².